The Labute approximate surface area is 57.6 Å². The summed E-state index contributed by atoms with van der Waals surface area (Å²) in [7, 11) is 0. The molecule has 0 rings (SSSR count). The maximum Gasteiger partial charge on any atom is -0.0285 e. The molecule has 0 saturated carbocycles. The fourth-order valence-electron chi connectivity index (χ4n) is 0.614. The van der Waals surface area contributed by atoms with E-state index in [9.17, 15) is 0 Å². The van der Waals surface area contributed by atoms with Gasteiger partial charge in [0.1, 0.15) is 0 Å². The molecule has 0 amide bonds. The smallest absolute Gasteiger partial charge is 0.0285 e. The number of hydrogen-bond donors (Lipinski definition) is 0. The van der Waals surface area contributed by atoms with Crippen molar-refractivity contribution < 1.29 is 0 Å². The van der Waals surface area contributed by atoms with E-state index in [2.05, 4.69) is 20.1 Å². The summed E-state index contributed by atoms with van der Waals surface area (Å²) in [6, 6.07) is 0. The van der Waals surface area contributed by atoms with Crippen LogP contribution in [0.5, 0.6) is 0 Å². The summed E-state index contributed by atoms with van der Waals surface area (Å²) in [5.41, 5.74) is 1.37. The second kappa shape index (κ2) is 5.36. The molecule has 0 aromatic carbocycles. The minimum atomic E-state index is 1.07. The van der Waals surface area contributed by atoms with E-state index in [1.54, 1.807) is 0 Å². The predicted molar refractivity (Wildman–Crippen MR) is 43.4 cm³/mol. The fourth-order valence-corrected chi connectivity index (χ4v) is 0.614. The molecule has 0 aliphatic rings. The summed E-state index contributed by atoms with van der Waals surface area (Å²) in [4.78, 5) is 0. The highest BCUT2D eigenvalue weighted by Crippen LogP contribution is 2.02. The Bertz CT molecular complexity index is 118. The van der Waals surface area contributed by atoms with Gasteiger partial charge in [0.25, 0.3) is 0 Å². The van der Waals surface area contributed by atoms with Gasteiger partial charge in [-0.05, 0) is 19.8 Å². The molecule has 0 nitrogen and oxygen atoms in total. The lowest BCUT2D eigenvalue weighted by atomic mass is 10.1. The fraction of sp³-hybridized carbons (Fsp3) is 0.333. The van der Waals surface area contributed by atoms with Crippen molar-refractivity contribution in [1.29, 1.82) is 0 Å². The number of allylic oxidation sites excluding steroid dienone is 4. The molecule has 0 spiro atoms. The van der Waals surface area contributed by atoms with Crippen molar-refractivity contribution in [3.05, 3.63) is 37.0 Å². The SMILES string of the molecule is C=C/C=C(\C)CCC=C. The molecule has 0 aromatic rings. The van der Waals surface area contributed by atoms with Crippen molar-refractivity contribution in [3.63, 3.8) is 0 Å². The maximum absolute atomic E-state index is 3.64. The highest BCUT2D eigenvalue weighted by Gasteiger charge is 1.82. The van der Waals surface area contributed by atoms with Crippen molar-refractivity contribution in [2.45, 2.75) is 19.8 Å². The van der Waals surface area contributed by atoms with Crippen molar-refractivity contribution in [2.24, 2.45) is 0 Å². The Hall–Kier alpha value is -0.780. The minimum absolute atomic E-state index is 1.07. The Morgan fingerprint density at radius 3 is 2.56 bits per heavy atom. The van der Waals surface area contributed by atoms with Crippen LogP contribution in [0.15, 0.2) is 37.0 Å². The van der Waals surface area contributed by atoms with Gasteiger partial charge in [0, 0.05) is 0 Å². The predicted octanol–water partition coefficient (Wildman–Crippen LogP) is 3.08. The molecule has 0 heteroatoms. The topological polar surface area (TPSA) is 0 Å². The molecule has 0 aromatic heterocycles. The van der Waals surface area contributed by atoms with E-state index in [-0.39, 0.29) is 0 Å². The molecule has 9 heavy (non-hydrogen) atoms. The van der Waals surface area contributed by atoms with Crippen molar-refractivity contribution >= 4 is 0 Å². The van der Waals surface area contributed by atoms with Crippen LogP contribution in [0.4, 0.5) is 0 Å². The summed E-state index contributed by atoms with van der Waals surface area (Å²) in [6.07, 6.45) is 7.95. The molecule has 0 radical (unpaired) electrons. The first-order chi connectivity index (χ1) is 4.31. The highest BCUT2D eigenvalue weighted by atomic mass is 13.9. The van der Waals surface area contributed by atoms with E-state index < -0.39 is 0 Å². The third kappa shape index (κ3) is 5.09. The molecule has 0 saturated heterocycles. The summed E-state index contributed by atoms with van der Waals surface area (Å²) in [6.45, 7) is 9.35. The van der Waals surface area contributed by atoms with Crippen LogP contribution in [-0.4, -0.2) is 0 Å². The van der Waals surface area contributed by atoms with Gasteiger partial charge in [0.2, 0.25) is 0 Å². The van der Waals surface area contributed by atoms with Crippen molar-refractivity contribution in [1.82, 2.24) is 0 Å². The van der Waals surface area contributed by atoms with E-state index in [4.69, 9.17) is 0 Å². The van der Waals surface area contributed by atoms with Crippen LogP contribution in [-0.2, 0) is 0 Å². The van der Waals surface area contributed by atoms with Gasteiger partial charge in [-0.25, -0.2) is 0 Å². The molecule has 50 valence electrons. The standard InChI is InChI=1S/C9H14/c1-4-6-8-9(3)7-5-2/h4-5,7H,1-2,6,8H2,3H3/b9-7+. The van der Waals surface area contributed by atoms with Crippen LogP contribution in [0, 0.1) is 0 Å². The van der Waals surface area contributed by atoms with Gasteiger partial charge in [-0.15, -0.1) is 6.58 Å². The summed E-state index contributed by atoms with van der Waals surface area (Å²) < 4.78 is 0. The van der Waals surface area contributed by atoms with E-state index in [0.29, 0.717) is 0 Å². The third-order valence-corrected chi connectivity index (χ3v) is 1.15. The molecular formula is C9H14. The second-order valence-corrected chi connectivity index (χ2v) is 2.08. The van der Waals surface area contributed by atoms with Crippen LogP contribution in [0.1, 0.15) is 19.8 Å². The molecule has 0 aliphatic heterocycles. The highest BCUT2D eigenvalue weighted by molar-refractivity contribution is 5.07. The molecule has 0 bridgehead atoms. The number of rotatable bonds is 4. The monoisotopic (exact) mass is 122 g/mol. The molecule has 0 heterocycles. The zero-order valence-electron chi connectivity index (χ0n) is 6.06. The van der Waals surface area contributed by atoms with Gasteiger partial charge in [-0.2, -0.15) is 0 Å². The van der Waals surface area contributed by atoms with Crippen LogP contribution in [0.25, 0.3) is 0 Å². The molecule has 0 N–H and O–H groups in total. The van der Waals surface area contributed by atoms with Gasteiger partial charge in [-0.3, -0.25) is 0 Å². The van der Waals surface area contributed by atoms with E-state index >= 15 is 0 Å². The summed E-state index contributed by atoms with van der Waals surface area (Å²) >= 11 is 0. The Kier molecular flexibility index (Phi) is 4.89. The zero-order valence-corrected chi connectivity index (χ0v) is 6.06. The van der Waals surface area contributed by atoms with Crippen LogP contribution < -0.4 is 0 Å². The quantitative estimate of drug-likeness (QED) is 0.397. The zero-order chi connectivity index (χ0) is 7.11. The first kappa shape index (κ1) is 8.22. The largest absolute Gasteiger partial charge is 0.103 e. The van der Waals surface area contributed by atoms with Gasteiger partial charge in [0.15, 0.2) is 0 Å². The molecule has 0 atom stereocenters. The molecule has 0 aliphatic carbocycles. The second-order valence-electron chi connectivity index (χ2n) is 2.08. The lowest BCUT2D eigenvalue weighted by molar-refractivity contribution is 0.981. The minimum Gasteiger partial charge on any atom is -0.103 e. The van der Waals surface area contributed by atoms with E-state index in [1.807, 2.05) is 18.2 Å². The maximum atomic E-state index is 3.64. The molecule has 0 unspecified atom stereocenters. The summed E-state index contributed by atoms with van der Waals surface area (Å²) in [5.74, 6) is 0. The van der Waals surface area contributed by atoms with Crippen LogP contribution >= 0.6 is 0 Å². The first-order valence-electron chi connectivity index (χ1n) is 3.20. The normalized spacial score (nSPS) is 11.0. The van der Waals surface area contributed by atoms with Gasteiger partial charge < -0.3 is 0 Å². The first-order valence-corrected chi connectivity index (χ1v) is 3.20. The average molecular weight is 122 g/mol. The molecule has 0 fully saturated rings. The lowest BCUT2D eigenvalue weighted by Crippen LogP contribution is -1.72. The average Bonchev–Trinajstić information content (AvgIpc) is 1.85. The van der Waals surface area contributed by atoms with Crippen LogP contribution in [0.2, 0.25) is 0 Å². The van der Waals surface area contributed by atoms with Gasteiger partial charge >= 0.3 is 0 Å². The van der Waals surface area contributed by atoms with Crippen molar-refractivity contribution in [2.75, 3.05) is 0 Å². The summed E-state index contributed by atoms with van der Waals surface area (Å²) in [5, 5.41) is 0. The molecular weight excluding hydrogens is 108 g/mol. The van der Waals surface area contributed by atoms with Gasteiger partial charge in [0.05, 0.1) is 0 Å². The van der Waals surface area contributed by atoms with Crippen molar-refractivity contribution in [3.8, 4) is 0 Å². The Balaban J connectivity index is 3.47. The van der Waals surface area contributed by atoms with Gasteiger partial charge in [-0.1, -0.05) is 30.4 Å². The van der Waals surface area contributed by atoms with Crippen LogP contribution in [0.3, 0.4) is 0 Å². The number of hydrogen-bond acceptors (Lipinski definition) is 0. The Morgan fingerprint density at radius 2 is 2.11 bits per heavy atom. The third-order valence-electron chi connectivity index (χ3n) is 1.15. The Morgan fingerprint density at radius 1 is 1.44 bits per heavy atom. The van der Waals surface area contributed by atoms with E-state index in [1.165, 1.54) is 5.57 Å². The lowest BCUT2D eigenvalue weighted by Gasteiger charge is -1.92. The van der Waals surface area contributed by atoms with E-state index in [0.717, 1.165) is 12.8 Å².